The van der Waals surface area contributed by atoms with Gasteiger partial charge in [-0.25, -0.2) is 0 Å². The first kappa shape index (κ1) is 11.6. The van der Waals surface area contributed by atoms with Crippen molar-refractivity contribution >= 4 is 11.0 Å². The van der Waals surface area contributed by atoms with Gasteiger partial charge in [-0.1, -0.05) is 12.1 Å². The Morgan fingerprint density at radius 2 is 1.65 bits per heavy atom. The lowest BCUT2D eigenvalue weighted by atomic mass is 10.3. The molecule has 17 heavy (non-hydrogen) atoms. The summed E-state index contributed by atoms with van der Waals surface area (Å²) in [6.45, 7) is 0. The zero-order chi connectivity index (χ0) is 12.4. The summed E-state index contributed by atoms with van der Waals surface area (Å²) >= 11 is 0. The first-order valence-corrected chi connectivity index (χ1v) is 4.99. The topological polar surface area (TPSA) is 72.3 Å². The van der Waals surface area contributed by atoms with Gasteiger partial charge in [-0.2, -0.15) is 9.46 Å². The van der Waals surface area contributed by atoms with Crippen LogP contribution in [0.1, 0.15) is 12.0 Å². The summed E-state index contributed by atoms with van der Waals surface area (Å²) in [5.41, 5.74) is 0.694. The fourth-order valence-corrected chi connectivity index (χ4v) is 1.70. The molecule has 0 fully saturated rings. The minimum atomic E-state index is -0.864. The number of fused-ring (bicyclic) bond motifs is 1. The predicted molar refractivity (Wildman–Crippen MR) is 58.6 cm³/mol. The van der Waals surface area contributed by atoms with Crippen LogP contribution in [-0.4, -0.2) is 14.2 Å². The van der Waals surface area contributed by atoms with Gasteiger partial charge >= 0.3 is 5.69 Å². The van der Waals surface area contributed by atoms with Crippen molar-refractivity contribution in [3.63, 3.8) is 0 Å². The van der Waals surface area contributed by atoms with Crippen LogP contribution in [0.5, 0.6) is 0 Å². The summed E-state index contributed by atoms with van der Waals surface area (Å²) in [4.78, 5) is 0. The monoisotopic (exact) mass is 236 g/mol. The maximum Gasteiger partial charge on any atom is 0.315 e. The minimum Gasteiger partial charge on any atom is -0.618 e. The quantitative estimate of drug-likeness (QED) is 0.439. The largest absolute Gasteiger partial charge is 0.618 e. The molecule has 6 nitrogen and oxygen atoms in total. The molecule has 0 radical (unpaired) electrons. The number of hydrogen-bond donors (Lipinski definition) is 0. The van der Waals surface area contributed by atoms with Crippen LogP contribution < -0.4 is 9.46 Å². The Balaban J connectivity index is 2.70. The van der Waals surface area contributed by atoms with E-state index in [1.165, 1.54) is 14.2 Å². The van der Waals surface area contributed by atoms with Crippen molar-refractivity contribution < 1.29 is 18.9 Å². The van der Waals surface area contributed by atoms with E-state index in [4.69, 9.17) is 9.47 Å². The number of nitrogens with zero attached hydrogens (tertiary/aromatic N) is 2. The Labute approximate surface area is 97.8 Å². The van der Waals surface area contributed by atoms with E-state index in [-0.39, 0.29) is 11.2 Å². The van der Waals surface area contributed by atoms with Gasteiger partial charge in [0.1, 0.15) is 0 Å². The Morgan fingerprint density at radius 3 is 2.24 bits per heavy atom. The molecule has 1 aromatic carbocycles. The first-order valence-electron chi connectivity index (χ1n) is 4.99. The predicted octanol–water partition coefficient (Wildman–Crippen LogP) is 0.398. The van der Waals surface area contributed by atoms with Crippen LogP contribution in [0.25, 0.3) is 11.0 Å². The van der Waals surface area contributed by atoms with Crippen molar-refractivity contribution in [1.29, 1.82) is 0 Å². The summed E-state index contributed by atoms with van der Waals surface area (Å²) in [6.07, 6.45) is 0.296. The summed E-state index contributed by atoms with van der Waals surface area (Å²) < 4.78 is 11.2. The number of aromatic nitrogens is 2. The van der Waals surface area contributed by atoms with Crippen molar-refractivity contribution in [2.75, 3.05) is 14.2 Å². The van der Waals surface area contributed by atoms with E-state index in [1.54, 1.807) is 24.3 Å². The summed E-state index contributed by atoms with van der Waals surface area (Å²) in [6, 6.07) is 6.54. The summed E-state index contributed by atoms with van der Waals surface area (Å²) in [5, 5.41) is 23.8. The Kier molecular flexibility index (Phi) is 3.08. The van der Waals surface area contributed by atoms with Crippen molar-refractivity contribution in [3.8, 4) is 0 Å². The molecule has 0 bridgehead atoms. The number of benzene rings is 1. The van der Waals surface area contributed by atoms with E-state index in [2.05, 4.69) is 0 Å². The van der Waals surface area contributed by atoms with Crippen molar-refractivity contribution in [2.45, 2.75) is 6.29 Å². The fourth-order valence-electron chi connectivity index (χ4n) is 1.70. The number of para-hydroxylation sites is 2. The molecule has 1 heterocycles. The molecule has 2 aromatic rings. The molecule has 90 valence electrons. The van der Waals surface area contributed by atoms with Gasteiger partial charge < -0.3 is 19.9 Å². The van der Waals surface area contributed by atoms with E-state index < -0.39 is 6.29 Å². The molecule has 0 aliphatic carbocycles. The van der Waals surface area contributed by atoms with Gasteiger partial charge in [-0.3, -0.25) is 0 Å². The molecular weight excluding hydrogens is 224 g/mol. The first-order chi connectivity index (χ1) is 8.19. The second kappa shape index (κ2) is 4.52. The van der Waals surface area contributed by atoms with Crippen LogP contribution in [0, 0.1) is 10.4 Å². The second-order valence-corrected chi connectivity index (χ2v) is 3.47. The van der Waals surface area contributed by atoms with Crippen LogP contribution >= 0.6 is 0 Å². The third kappa shape index (κ3) is 1.88. The average molecular weight is 236 g/mol. The number of ether oxygens (including phenoxy) is 2. The molecule has 0 unspecified atom stereocenters. The van der Waals surface area contributed by atoms with Gasteiger partial charge in [0.05, 0.1) is 0 Å². The van der Waals surface area contributed by atoms with Crippen molar-refractivity contribution in [2.24, 2.45) is 0 Å². The number of methoxy groups -OCH3 is 2. The van der Waals surface area contributed by atoms with E-state index in [9.17, 15) is 10.4 Å². The second-order valence-electron chi connectivity index (χ2n) is 3.47. The molecule has 1 aromatic heterocycles. The average Bonchev–Trinajstić information content (AvgIpc) is 2.37. The van der Waals surface area contributed by atoms with Gasteiger partial charge in [-0.05, 0) is 0 Å². The third-order valence-electron chi connectivity index (χ3n) is 2.49. The van der Waals surface area contributed by atoms with Crippen LogP contribution in [-0.2, 0) is 9.47 Å². The van der Waals surface area contributed by atoms with Crippen molar-refractivity contribution in [1.82, 2.24) is 0 Å². The van der Waals surface area contributed by atoms with Gasteiger partial charge in [0.25, 0.3) is 23.5 Å². The third-order valence-corrected chi connectivity index (χ3v) is 2.49. The molecule has 2 rings (SSSR count). The zero-order valence-corrected chi connectivity index (χ0v) is 9.49. The molecule has 0 atom stereocenters. The molecule has 0 spiro atoms. The molecular formula is C11H12N2O4. The lowest BCUT2D eigenvalue weighted by Gasteiger charge is -2.13. The molecule has 6 heteroatoms. The normalized spacial score (nSPS) is 11.2. The van der Waals surface area contributed by atoms with E-state index >= 15 is 0 Å². The highest BCUT2D eigenvalue weighted by molar-refractivity contribution is 5.67. The standard InChI is InChI=1S/C11H12N2O4/c1-16-11(17-2)10-7-12(14)8-5-3-4-6-9(8)13(10)15/h3-7,11H,1-2H3. The Morgan fingerprint density at radius 1 is 1.06 bits per heavy atom. The summed E-state index contributed by atoms with van der Waals surface area (Å²) in [5.74, 6) is 0. The highest BCUT2D eigenvalue weighted by atomic mass is 16.7. The lowest BCUT2D eigenvalue weighted by Crippen LogP contribution is -2.43. The molecule has 0 amide bonds. The highest BCUT2D eigenvalue weighted by Crippen LogP contribution is 2.14. The Bertz CT molecular complexity index is 540. The fraction of sp³-hybridized carbons (Fsp3) is 0.273. The number of rotatable bonds is 3. The maximum atomic E-state index is 12.0. The SMILES string of the molecule is COC(OC)c1c[n+]([O-])c2ccccc2[n+]1[O-]. The zero-order valence-electron chi connectivity index (χ0n) is 9.49. The van der Waals surface area contributed by atoms with E-state index in [1.807, 2.05) is 0 Å². The molecule has 0 aliphatic rings. The smallest absolute Gasteiger partial charge is 0.315 e. The van der Waals surface area contributed by atoms with Gasteiger partial charge in [0.2, 0.25) is 0 Å². The molecule has 0 saturated carbocycles. The van der Waals surface area contributed by atoms with Crippen LogP contribution in [0.3, 0.4) is 0 Å². The summed E-state index contributed by atoms with van der Waals surface area (Å²) in [7, 11) is 2.80. The van der Waals surface area contributed by atoms with E-state index in [0.29, 0.717) is 15.0 Å². The van der Waals surface area contributed by atoms with Gasteiger partial charge in [-0.15, -0.1) is 0 Å². The lowest BCUT2D eigenvalue weighted by molar-refractivity contribution is -0.641. The maximum absolute atomic E-state index is 12.0. The van der Waals surface area contributed by atoms with Gasteiger partial charge in [0, 0.05) is 26.4 Å². The minimum absolute atomic E-state index is 0.115. The van der Waals surface area contributed by atoms with Gasteiger partial charge in [0.15, 0.2) is 0 Å². The van der Waals surface area contributed by atoms with Crippen LogP contribution in [0.4, 0.5) is 0 Å². The Hall–Kier alpha value is -1.92. The van der Waals surface area contributed by atoms with Crippen LogP contribution in [0.2, 0.25) is 0 Å². The molecule has 0 aliphatic heterocycles. The van der Waals surface area contributed by atoms with Crippen LogP contribution in [0.15, 0.2) is 30.5 Å². The number of hydrogen-bond acceptors (Lipinski definition) is 4. The molecule has 0 N–H and O–H groups in total. The van der Waals surface area contributed by atoms with Crippen molar-refractivity contribution in [3.05, 3.63) is 46.6 Å². The molecule has 0 saturated heterocycles. The van der Waals surface area contributed by atoms with E-state index in [0.717, 1.165) is 6.20 Å². The highest BCUT2D eigenvalue weighted by Gasteiger charge is 2.26.